The van der Waals surface area contributed by atoms with Crippen LogP contribution in [0.1, 0.15) is 17.4 Å². The van der Waals surface area contributed by atoms with Crippen molar-refractivity contribution in [1.29, 1.82) is 0 Å². The first-order valence-corrected chi connectivity index (χ1v) is 5.30. The summed E-state index contributed by atoms with van der Waals surface area (Å²) in [7, 11) is 2.94. The Morgan fingerprint density at radius 1 is 1.50 bits per heavy atom. The van der Waals surface area contributed by atoms with Gasteiger partial charge in [-0.1, -0.05) is 6.92 Å². The molecule has 0 bridgehead atoms. The van der Waals surface area contributed by atoms with Crippen LogP contribution in [0.25, 0.3) is 0 Å². The molecule has 1 aromatic heterocycles. The Labute approximate surface area is 104 Å². The van der Waals surface area contributed by atoms with E-state index in [4.69, 9.17) is 5.11 Å². The van der Waals surface area contributed by atoms with Crippen LogP contribution in [-0.2, 0) is 9.53 Å². The van der Waals surface area contributed by atoms with Crippen molar-refractivity contribution in [1.82, 2.24) is 9.97 Å². The smallest absolute Gasteiger partial charge is 0.358 e. The number of methoxy groups -OCH3 is 1. The van der Waals surface area contributed by atoms with Crippen molar-refractivity contribution in [2.75, 3.05) is 25.6 Å². The molecule has 1 heterocycles. The highest BCUT2D eigenvalue weighted by molar-refractivity contribution is 5.87. The van der Waals surface area contributed by atoms with E-state index < -0.39 is 17.9 Å². The first-order valence-electron chi connectivity index (χ1n) is 5.30. The standard InChI is InChI=1S/C11H15N3O4/c1-7(10(15)16)6-14(2)9-5-12-4-8(13-9)11(17)18-3/h4-5,7H,6H2,1-3H3,(H,15,16). The number of aromatic nitrogens is 2. The van der Waals surface area contributed by atoms with Crippen molar-refractivity contribution in [2.45, 2.75) is 6.92 Å². The molecule has 7 heteroatoms. The third-order valence-corrected chi connectivity index (χ3v) is 2.38. The predicted octanol–water partition coefficient (Wildman–Crippen LogP) is 0.420. The first-order chi connectivity index (χ1) is 8.45. The summed E-state index contributed by atoms with van der Waals surface area (Å²) in [6.45, 7) is 1.87. The summed E-state index contributed by atoms with van der Waals surface area (Å²) in [6, 6.07) is 0. The third kappa shape index (κ3) is 3.41. The summed E-state index contributed by atoms with van der Waals surface area (Å²) in [5.41, 5.74) is 0.0878. The van der Waals surface area contributed by atoms with Gasteiger partial charge in [0.25, 0.3) is 0 Å². The van der Waals surface area contributed by atoms with Gasteiger partial charge >= 0.3 is 11.9 Å². The number of rotatable bonds is 5. The van der Waals surface area contributed by atoms with Crippen LogP contribution in [-0.4, -0.2) is 47.7 Å². The number of hydrogen-bond donors (Lipinski definition) is 1. The number of nitrogens with zero attached hydrogens (tertiary/aromatic N) is 3. The van der Waals surface area contributed by atoms with Crippen LogP contribution >= 0.6 is 0 Å². The van der Waals surface area contributed by atoms with Gasteiger partial charge in [0.05, 0.1) is 25.4 Å². The Kier molecular flexibility index (Phi) is 4.59. The fourth-order valence-corrected chi connectivity index (χ4v) is 1.32. The van der Waals surface area contributed by atoms with Gasteiger partial charge in [0, 0.05) is 13.6 Å². The maximum absolute atomic E-state index is 11.3. The van der Waals surface area contributed by atoms with Crippen molar-refractivity contribution < 1.29 is 19.4 Å². The van der Waals surface area contributed by atoms with E-state index in [-0.39, 0.29) is 12.2 Å². The number of aliphatic carboxylic acids is 1. The Balaban J connectivity index is 2.83. The minimum absolute atomic E-state index is 0.0878. The second-order valence-electron chi connectivity index (χ2n) is 3.87. The Hall–Kier alpha value is -2.18. The molecule has 0 aliphatic heterocycles. The number of hydrogen-bond acceptors (Lipinski definition) is 6. The molecule has 0 radical (unpaired) electrons. The molecule has 0 aromatic carbocycles. The number of anilines is 1. The van der Waals surface area contributed by atoms with Crippen LogP contribution in [0.3, 0.4) is 0 Å². The summed E-state index contributed by atoms with van der Waals surface area (Å²) in [5, 5.41) is 8.82. The molecule has 1 N–H and O–H groups in total. The van der Waals surface area contributed by atoms with E-state index in [9.17, 15) is 9.59 Å². The highest BCUT2D eigenvalue weighted by Crippen LogP contribution is 2.10. The first kappa shape index (κ1) is 13.9. The Bertz CT molecular complexity index is 450. The summed E-state index contributed by atoms with van der Waals surface area (Å²) in [6.07, 6.45) is 2.75. The third-order valence-electron chi connectivity index (χ3n) is 2.38. The zero-order valence-electron chi connectivity index (χ0n) is 10.5. The highest BCUT2D eigenvalue weighted by atomic mass is 16.5. The lowest BCUT2D eigenvalue weighted by Gasteiger charge is -2.20. The van der Waals surface area contributed by atoms with Crippen molar-refractivity contribution >= 4 is 17.8 Å². The molecule has 0 amide bonds. The monoisotopic (exact) mass is 253 g/mol. The minimum Gasteiger partial charge on any atom is -0.481 e. The second-order valence-corrected chi connectivity index (χ2v) is 3.87. The molecule has 98 valence electrons. The van der Waals surface area contributed by atoms with Crippen LogP contribution in [0.15, 0.2) is 12.4 Å². The molecule has 0 saturated carbocycles. The number of esters is 1. The van der Waals surface area contributed by atoms with Crippen molar-refractivity contribution in [3.05, 3.63) is 18.1 Å². The van der Waals surface area contributed by atoms with Gasteiger partial charge < -0.3 is 14.7 Å². The molecule has 7 nitrogen and oxygen atoms in total. The summed E-state index contributed by atoms with van der Waals surface area (Å²) in [5.74, 6) is -1.59. The molecular formula is C11H15N3O4. The van der Waals surface area contributed by atoms with E-state index >= 15 is 0 Å². The van der Waals surface area contributed by atoms with E-state index in [2.05, 4.69) is 14.7 Å². The molecule has 0 spiro atoms. The second kappa shape index (κ2) is 5.95. The number of ether oxygens (including phenoxy) is 1. The van der Waals surface area contributed by atoms with Crippen LogP contribution in [0.4, 0.5) is 5.82 Å². The molecule has 0 aliphatic rings. The Morgan fingerprint density at radius 3 is 2.72 bits per heavy atom. The van der Waals surface area contributed by atoms with Crippen LogP contribution in [0, 0.1) is 5.92 Å². The molecule has 0 saturated heterocycles. The average molecular weight is 253 g/mol. The molecule has 1 unspecified atom stereocenters. The molecule has 18 heavy (non-hydrogen) atoms. The van der Waals surface area contributed by atoms with E-state index in [1.807, 2.05) is 0 Å². The molecule has 1 aromatic rings. The summed E-state index contributed by atoms with van der Waals surface area (Å²) >= 11 is 0. The molecule has 1 atom stereocenters. The number of carboxylic acid groups (broad SMARTS) is 1. The lowest BCUT2D eigenvalue weighted by molar-refractivity contribution is -0.140. The van der Waals surface area contributed by atoms with E-state index in [1.54, 1.807) is 18.9 Å². The Morgan fingerprint density at radius 2 is 2.17 bits per heavy atom. The van der Waals surface area contributed by atoms with Gasteiger partial charge in [0.2, 0.25) is 0 Å². The van der Waals surface area contributed by atoms with Crippen molar-refractivity contribution in [3.8, 4) is 0 Å². The fourth-order valence-electron chi connectivity index (χ4n) is 1.32. The SMILES string of the molecule is COC(=O)c1cncc(N(C)CC(C)C(=O)O)n1. The van der Waals surface area contributed by atoms with Crippen LogP contribution < -0.4 is 4.90 Å². The molecular weight excluding hydrogens is 238 g/mol. The maximum Gasteiger partial charge on any atom is 0.358 e. The predicted molar refractivity (Wildman–Crippen MR) is 63.4 cm³/mol. The van der Waals surface area contributed by atoms with Crippen molar-refractivity contribution in [2.24, 2.45) is 5.92 Å². The van der Waals surface area contributed by atoms with Crippen LogP contribution in [0.2, 0.25) is 0 Å². The van der Waals surface area contributed by atoms with Gasteiger partial charge in [-0.3, -0.25) is 9.78 Å². The van der Waals surface area contributed by atoms with Crippen LogP contribution in [0.5, 0.6) is 0 Å². The van der Waals surface area contributed by atoms with E-state index in [0.29, 0.717) is 5.82 Å². The van der Waals surface area contributed by atoms with Crippen molar-refractivity contribution in [3.63, 3.8) is 0 Å². The average Bonchev–Trinajstić information content (AvgIpc) is 2.37. The topological polar surface area (TPSA) is 92.6 Å². The zero-order valence-corrected chi connectivity index (χ0v) is 10.5. The number of carboxylic acids is 1. The van der Waals surface area contributed by atoms with E-state index in [0.717, 1.165) is 0 Å². The van der Waals surface area contributed by atoms with E-state index in [1.165, 1.54) is 19.5 Å². The molecule has 1 rings (SSSR count). The summed E-state index contributed by atoms with van der Waals surface area (Å²) in [4.78, 5) is 31.6. The largest absolute Gasteiger partial charge is 0.481 e. The van der Waals surface area contributed by atoms with Gasteiger partial charge in [0.1, 0.15) is 5.82 Å². The molecule has 0 aliphatic carbocycles. The quantitative estimate of drug-likeness (QED) is 0.760. The lowest BCUT2D eigenvalue weighted by atomic mass is 10.2. The van der Waals surface area contributed by atoms with Gasteiger partial charge in [-0.05, 0) is 0 Å². The van der Waals surface area contributed by atoms with Gasteiger partial charge in [-0.2, -0.15) is 0 Å². The van der Waals surface area contributed by atoms with Gasteiger partial charge in [0.15, 0.2) is 5.69 Å². The number of carbonyl (C=O) groups is 2. The minimum atomic E-state index is -0.890. The summed E-state index contributed by atoms with van der Waals surface area (Å²) < 4.78 is 4.54. The number of carbonyl (C=O) groups excluding carboxylic acids is 1. The zero-order chi connectivity index (χ0) is 13.7. The van der Waals surface area contributed by atoms with Gasteiger partial charge in [-0.15, -0.1) is 0 Å². The maximum atomic E-state index is 11.3. The lowest BCUT2D eigenvalue weighted by Crippen LogP contribution is -2.29. The van der Waals surface area contributed by atoms with Gasteiger partial charge in [-0.25, -0.2) is 9.78 Å². The highest BCUT2D eigenvalue weighted by Gasteiger charge is 2.16. The normalized spacial score (nSPS) is 11.7. The fraction of sp³-hybridized carbons (Fsp3) is 0.455. The molecule has 0 fully saturated rings.